The number of hydrogen-bond acceptors (Lipinski definition) is 3. The zero-order valence-corrected chi connectivity index (χ0v) is 11.5. The van der Waals surface area contributed by atoms with E-state index in [-0.39, 0.29) is 23.9 Å². The van der Waals surface area contributed by atoms with Gasteiger partial charge in [-0.05, 0) is 33.6 Å². The van der Waals surface area contributed by atoms with Gasteiger partial charge in [-0.1, -0.05) is 13.8 Å². The molecular formula is C12H25N3O2. The molecule has 0 aliphatic rings. The molecule has 0 fully saturated rings. The number of nitrogens with two attached hydrogens (primary N) is 1. The van der Waals surface area contributed by atoms with E-state index in [4.69, 9.17) is 5.73 Å². The molecule has 2 amide bonds. The van der Waals surface area contributed by atoms with Gasteiger partial charge in [0, 0.05) is 5.54 Å². The first-order valence-corrected chi connectivity index (χ1v) is 6.03. The normalized spacial score (nSPS) is 12.1. The van der Waals surface area contributed by atoms with E-state index < -0.39 is 5.54 Å². The van der Waals surface area contributed by atoms with E-state index in [2.05, 4.69) is 10.6 Å². The lowest BCUT2D eigenvalue weighted by molar-refractivity contribution is -0.130. The van der Waals surface area contributed by atoms with Crippen molar-refractivity contribution >= 4 is 11.8 Å². The standard InChI is InChI=1S/C12H25N3O2/c1-6-12(13,7-2)10(17)14-8-9(16)15-11(3,4)5/h6-8,13H2,1-5H3,(H,14,17)(H,15,16). The molecule has 4 N–H and O–H groups in total. The number of carbonyl (C=O) groups is 2. The third-order valence-corrected chi connectivity index (χ3v) is 2.64. The maximum Gasteiger partial charge on any atom is 0.240 e. The van der Waals surface area contributed by atoms with Crippen molar-refractivity contribution in [2.24, 2.45) is 5.73 Å². The van der Waals surface area contributed by atoms with Crippen molar-refractivity contribution in [3.63, 3.8) is 0 Å². The zero-order valence-electron chi connectivity index (χ0n) is 11.5. The molecule has 0 aliphatic heterocycles. The minimum absolute atomic E-state index is 0.0327. The number of carbonyl (C=O) groups excluding carboxylic acids is 2. The first-order valence-electron chi connectivity index (χ1n) is 6.03. The van der Waals surface area contributed by atoms with Gasteiger partial charge in [-0.2, -0.15) is 0 Å². The van der Waals surface area contributed by atoms with Crippen LogP contribution in [0.4, 0.5) is 0 Å². The number of hydrogen-bond donors (Lipinski definition) is 3. The van der Waals surface area contributed by atoms with Crippen LogP contribution in [-0.4, -0.2) is 29.4 Å². The second-order valence-corrected chi connectivity index (χ2v) is 5.34. The smallest absolute Gasteiger partial charge is 0.240 e. The van der Waals surface area contributed by atoms with Crippen molar-refractivity contribution in [2.45, 2.75) is 58.5 Å². The lowest BCUT2D eigenvalue weighted by Gasteiger charge is -2.26. The van der Waals surface area contributed by atoms with Crippen LogP contribution in [0.3, 0.4) is 0 Å². The summed E-state index contributed by atoms with van der Waals surface area (Å²) in [5, 5.41) is 5.34. The van der Waals surface area contributed by atoms with Crippen LogP contribution in [0, 0.1) is 0 Å². The van der Waals surface area contributed by atoms with Crippen LogP contribution < -0.4 is 16.4 Å². The summed E-state index contributed by atoms with van der Waals surface area (Å²) in [5.41, 5.74) is 4.74. The summed E-state index contributed by atoms with van der Waals surface area (Å²) in [7, 11) is 0. The highest BCUT2D eigenvalue weighted by molar-refractivity contribution is 5.90. The average molecular weight is 243 g/mol. The highest BCUT2D eigenvalue weighted by Crippen LogP contribution is 2.10. The fourth-order valence-corrected chi connectivity index (χ4v) is 1.37. The predicted molar refractivity (Wildman–Crippen MR) is 68.4 cm³/mol. The predicted octanol–water partition coefficient (Wildman–Crippen LogP) is 0.535. The van der Waals surface area contributed by atoms with Crippen molar-refractivity contribution in [2.75, 3.05) is 6.54 Å². The summed E-state index contributed by atoms with van der Waals surface area (Å²) >= 11 is 0. The van der Waals surface area contributed by atoms with E-state index in [0.29, 0.717) is 12.8 Å². The molecule has 0 atom stereocenters. The Bertz CT molecular complexity index is 278. The summed E-state index contributed by atoms with van der Waals surface area (Å²) in [6.07, 6.45) is 1.10. The third-order valence-electron chi connectivity index (χ3n) is 2.64. The van der Waals surface area contributed by atoms with E-state index >= 15 is 0 Å². The molecule has 17 heavy (non-hydrogen) atoms. The molecule has 0 bridgehead atoms. The van der Waals surface area contributed by atoms with Crippen molar-refractivity contribution in [1.29, 1.82) is 0 Å². The SMILES string of the molecule is CCC(N)(CC)C(=O)NCC(=O)NC(C)(C)C. The van der Waals surface area contributed by atoms with E-state index in [1.807, 2.05) is 34.6 Å². The molecule has 0 spiro atoms. The van der Waals surface area contributed by atoms with Gasteiger partial charge in [-0.3, -0.25) is 9.59 Å². The Hall–Kier alpha value is -1.10. The highest BCUT2D eigenvalue weighted by Gasteiger charge is 2.30. The van der Waals surface area contributed by atoms with Crippen molar-refractivity contribution in [3.8, 4) is 0 Å². The summed E-state index contributed by atoms with van der Waals surface area (Å²) in [6, 6.07) is 0. The summed E-state index contributed by atoms with van der Waals surface area (Å²) in [5.74, 6) is -0.480. The van der Waals surface area contributed by atoms with Crippen LogP contribution >= 0.6 is 0 Å². The fourth-order valence-electron chi connectivity index (χ4n) is 1.37. The topological polar surface area (TPSA) is 84.2 Å². The molecular weight excluding hydrogens is 218 g/mol. The molecule has 0 aromatic rings. The minimum atomic E-state index is -0.873. The number of nitrogens with one attached hydrogen (secondary N) is 2. The molecule has 0 unspecified atom stereocenters. The van der Waals surface area contributed by atoms with Gasteiger partial charge in [0.1, 0.15) is 0 Å². The summed E-state index contributed by atoms with van der Waals surface area (Å²) < 4.78 is 0. The fraction of sp³-hybridized carbons (Fsp3) is 0.833. The van der Waals surface area contributed by atoms with Gasteiger partial charge in [-0.25, -0.2) is 0 Å². The van der Waals surface area contributed by atoms with Crippen LogP contribution in [0.2, 0.25) is 0 Å². The van der Waals surface area contributed by atoms with Crippen LogP contribution in [0.1, 0.15) is 47.5 Å². The van der Waals surface area contributed by atoms with E-state index in [0.717, 1.165) is 0 Å². The molecule has 0 saturated carbocycles. The molecule has 5 heteroatoms. The lowest BCUT2D eigenvalue weighted by Crippen LogP contribution is -2.55. The van der Waals surface area contributed by atoms with Crippen molar-refractivity contribution in [3.05, 3.63) is 0 Å². The molecule has 100 valence electrons. The molecule has 0 rings (SSSR count). The Morgan fingerprint density at radius 3 is 1.94 bits per heavy atom. The quantitative estimate of drug-likeness (QED) is 0.658. The first-order chi connectivity index (χ1) is 7.64. The third kappa shape index (κ3) is 5.68. The van der Waals surface area contributed by atoms with Crippen LogP contribution in [0.5, 0.6) is 0 Å². The van der Waals surface area contributed by atoms with E-state index in [9.17, 15) is 9.59 Å². The van der Waals surface area contributed by atoms with Gasteiger partial charge in [-0.15, -0.1) is 0 Å². The number of rotatable bonds is 5. The zero-order chi connectivity index (χ0) is 13.7. The Kier molecular flexibility index (Phi) is 5.61. The van der Waals surface area contributed by atoms with E-state index in [1.165, 1.54) is 0 Å². The molecule has 0 aromatic heterocycles. The number of amides is 2. The second kappa shape index (κ2) is 6.00. The maximum atomic E-state index is 11.8. The Morgan fingerprint density at radius 2 is 1.59 bits per heavy atom. The van der Waals surface area contributed by atoms with Gasteiger partial charge >= 0.3 is 0 Å². The van der Waals surface area contributed by atoms with Crippen LogP contribution in [0.25, 0.3) is 0 Å². The molecule has 0 aromatic carbocycles. The summed E-state index contributed by atoms with van der Waals surface area (Å²) in [6.45, 7) is 9.35. The highest BCUT2D eigenvalue weighted by atomic mass is 16.2. The monoisotopic (exact) mass is 243 g/mol. The van der Waals surface area contributed by atoms with Crippen molar-refractivity contribution < 1.29 is 9.59 Å². The van der Waals surface area contributed by atoms with Crippen LogP contribution in [0.15, 0.2) is 0 Å². The second-order valence-electron chi connectivity index (χ2n) is 5.34. The Labute approximate surface area is 104 Å². The van der Waals surface area contributed by atoms with Gasteiger partial charge in [0.05, 0.1) is 12.1 Å². The summed E-state index contributed by atoms with van der Waals surface area (Å²) in [4.78, 5) is 23.3. The first kappa shape index (κ1) is 15.9. The van der Waals surface area contributed by atoms with Crippen LogP contribution in [-0.2, 0) is 9.59 Å². The van der Waals surface area contributed by atoms with Gasteiger partial charge in [0.25, 0.3) is 0 Å². The van der Waals surface area contributed by atoms with E-state index in [1.54, 1.807) is 0 Å². The average Bonchev–Trinajstić information content (AvgIpc) is 2.22. The molecule has 0 heterocycles. The van der Waals surface area contributed by atoms with Gasteiger partial charge < -0.3 is 16.4 Å². The Balaban J connectivity index is 4.21. The molecule has 0 saturated heterocycles. The molecule has 0 aliphatic carbocycles. The van der Waals surface area contributed by atoms with Gasteiger partial charge in [0.15, 0.2) is 0 Å². The molecule has 5 nitrogen and oxygen atoms in total. The largest absolute Gasteiger partial charge is 0.350 e. The lowest BCUT2D eigenvalue weighted by atomic mass is 9.93. The Morgan fingerprint density at radius 1 is 1.12 bits per heavy atom. The van der Waals surface area contributed by atoms with Gasteiger partial charge in [0.2, 0.25) is 11.8 Å². The minimum Gasteiger partial charge on any atom is -0.350 e. The maximum absolute atomic E-state index is 11.8. The molecule has 0 radical (unpaired) electrons. The van der Waals surface area contributed by atoms with Crippen molar-refractivity contribution in [1.82, 2.24) is 10.6 Å².